The summed E-state index contributed by atoms with van der Waals surface area (Å²) in [7, 11) is 0.709. The Morgan fingerprint density at radius 2 is 1.87 bits per heavy atom. The van der Waals surface area contributed by atoms with Crippen molar-refractivity contribution in [2.45, 2.75) is 69.7 Å². The molecule has 4 aromatic rings. The molecule has 6 rings (SSSR count). The number of alkyl halides is 2. The normalized spacial score (nSPS) is 20.6. The average Bonchev–Trinajstić information content (AvgIpc) is 3.56. The van der Waals surface area contributed by atoms with Gasteiger partial charge in [-0.15, -0.1) is 0 Å². The van der Waals surface area contributed by atoms with Gasteiger partial charge in [0.1, 0.15) is 18.2 Å². The molecule has 2 aliphatic rings. The van der Waals surface area contributed by atoms with Gasteiger partial charge >= 0.3 is 0 Å². The number of nitrogens with one attached hydrogen (secondary N) is 2. The number of nitrogens with zero attached hydrogens (tertiary/aromatic N) is 8. The number of rotatable bonds is 12. The minimum atomic E-state index is -3.50. The second-order valence-corrected chi connectivity index (χ2v) is 14.7. The molecule has 15 heteroatoms. The summed E-state index contributed by atoms with van der Waals surface area (Å²) < 4.78 is 53.4. The topological polar surface area (TPSA) is 136 Å². The van der Waals surface area contributed by atoms with Gasteiger partial charge in [-0.1, -0.05) is 6.92 Å². The van der Waals surface area contributed by atoms with E-state index in [0.717, 1.165) is 42.0 Å². The van der Waals surface area contributed by atoms with E-state index in [1.165, 1.54) is 17.1 Å². The van der Waals surface area contributed by atoms with Crippen LogP contribution in [0.1, 0.15) is 45.4 Å². The average molecular weight is 641 g/mol. The minimum absolute atomic E-state index is 0.228. The second-order valence-electron chi connectivity index (χ2n) is 12.6. The van der Waals surface area contributed by atoms with E-state index in [9.17, 15) is 17.2 Å². The van der Waals surface area contributed by atoms with E-state index in [4.69, 9.17) is 0 Å². The summed E-state index contributed by atoms with van der Waals surface area (Å²) in [6, 6.07) is 5.51. The number of hydrogen-bond donors (Lipinski definition) is 2. The molecule has 0 atom stereocenters. The minimum Gasteiger partial charge on any atom is -0.382 e. The lowest BCUT2D eigenvalue weighted by molar-refractivity contribution is 0.122. The Morgan fingerprint density at radius 3 is 2.58 bits per heavy atom. The SMILES string of the molecule is CN(C)CC1(C)CCC(Nc2cc(Nc3ccnc(-c4cnn(S(=O)(=O)C5CC5)c4)n3)ncc2-c2ccn(CC(F)F)n2)CC1. The monoisotopic (exact) mass is 640 g/mol. The van der Waals surface area contributed by atoms with E-state index in [1.807, 2.05) is 6.07 Å². The van der Waals surface area contributed by atoms with E-state index in [2.05, 4.69) is 61.7 Å². The van der Waals surface area contributed by atoms with Crippen molar-refractivity contribution in [1.82, 2.24) is 38.8 Å². The van der Waals surface area contributed by atoms with Gasteiger partial charge in [0.15, 0.2) is 5.82 Å². The summed E-state index contributed by atoms with van der Waals surface area (Å²) in [4.78, 5) is 15.7. The van der Waals surface area contributed by atoms with Crippen LogP contribution >= 0.6 is 0 Å². The summed E-state index contributed by atoms with van der Waals surface area (Å²) in [5, 5.41) is 15.0. The Morgan fingerprint density at radius 1 is 1.09 bits per heavy atom. The number of anilines is 3. The van der Waals surface area contributed by atoms with Crippen LogP contribution in [-0.2, 0) is 16.6 Å². The van der Waals surface area contributed by atoms with E-state index in [1.54, 1.807) is 30.7 Å². The summed E-state index contributed by atoms with van der Waals surface area (Å²) in [5.41, 5.74) is 2.78. The maximum atomic E-state index is 13.0. The number of hydrogen-bond acceptors (Lipinski definition) is 10. The zero-order chi connectivity index (χ0) is 31.8. The van der Waals surface area contributed by atoms with E-state index < -0.39 is 23.0 Å². The molecule has 240 valence electrons. The third-order valence-electron chi connectivity index (χ3n) is 8.33. The van der Waals surface area contributed by atoms with Crippen LogP contribution in [0.4, 0.5) is 26.1 Å². The van der Waals surface area contributed by atoms with E-state index in [-0.39, 0.29) is 16.7 Å². The van der Waals surface area contributed by atoms with Gasteiger partial charge in [-0.3, -0.25) is 4.68 Å². The summed E-state index contributed by atoms with van der Waals surface area (Å²) >= 11 is 0. The van der Waals surface area contributed by atoms with Crippen molar-refractivity contribution < 1.29 is 17.2 Å². The smallest absolute Gasteiger partial charge is 0.257 e. The highest BCUT2D eigenvalue weighted by atomic mass is 32.2. The Labute approximate surface area is 261 Å². The van der Waals surface area contributed by atoms with Crippen molar-refractivity contribution in [2.75, 3.05) is 31.3 Å². The third-order valence-corrected chi connectivity index (χ3v) is 10.4. The summed E-state index contributed by atoms with van der Waals surface area (Å²) in [6.45, 7) is 2.89. The molecule has 0 unspecified atom stereocenters. The largest absolute Gasteiger partial charge is 0.382 e. The maximum Gasteiger partial charge on any atom is 0.257 e. The predicted octanol–water partition coefficient (Wildman–Crippen LogP) is 4.87. The highest BCUT2D eigenvalue weighted by Crippen LogP contribution is 2.39. The molecule has 45 heavy (non-hydrogen) atoms. The molecule has 2 N–H and O–H groups in total. The maximum absolute atomic E-state index is 13.0. The second kappa shape index (κ2) is 12.4. The van der Waals surface area contributed by atoms with Crippen LogP contribution in [0.5, 0.6) is 0 Å². The summed E-state index contributed by atoms with van der Waals surface area (Å²) in [5.74, 6) is 1.29. The molecule has 0 amide bonds. The predicted molar refractivity (Wildman–Crippen MR) is 168 cm³/mol. The van der Waals surface area contributed by atoms with E-state index >= 15 is 0 Å². The fourth-order valence-corrected chi connectivity index (χ4v) is 7.45. The molecule has 0 aliphatic heterocycles. The quantitative estimate of drug-likeness (QED) is 0.221. The van der Waals surface area contributed by atoms with Gasteiger partial charge in [0.2, 0.25) is 0 Å². The molecule has 0 bridgehead atoms. The van der Waals surface area contributed by atoms with Crippen molar-refractivity contribution in [1.29, 1.82) is 0 Å². The van der Waals surface area contributed by atoms with Crippen molar-refractivity contribution >= 4 is 27.3 Å². The van der Waals surface area contributed by atoms with Crippen LogP contribution < -0.4 is 10.6 Å². The van der Waals surface area contributed by atoms with E-state index in [0.29, 0.717) is 47.1 Å². The van der Waals surface area contributed by atoms with Gasteiger partial charge in [-0.25, -0.2) is 32.2 Å². The van der Waals surface area contributed by atoms with Gasteiger partial charge in [0.05, 0.1) is 28.9 Å². The molecular weight excluding hydrogens is 602 g/mol. The third kappa shape index (κ3) is 7.30. The van der Waals surface area contributed by atoms with Crippen molar-refractivity contribution in [3.8, 4) is 22.6 Å². The van der Waals surface area contributed by atoms with Gasteiger partial charge in [0, 0.05) is 48.5 Å². The molecule has 4 heterocycles. The molecular formula is C30H38F2N10O2S. The Bertz CT molecular complexity index is 1740. The standard InChI is InChI=1S/C30H38F2N10O2S/c1-30(19-40(2)3)10-6-21(7-11-30)36-25-14-28(34-16-23(25)24-9-13-41(39-24)18-26(31)32)37-27-8-12-33-29(38-27)20-15-35-42(17-20)45(43,44)22-4-5-22/h8-9,12-17,21-22,26H,4-7,10-11,18-19H2,1-3H3,(H2,33,34,36,37,38). The van der Waals surface area contributed by atoms with Crippen molar-refractivity contribution in [2.24, 2.45) is 5.41 Å². The van der Waals surface area contributed by atoms with Gasteiger partial charge in [-0.05, 0) is 70.2 Å². The molecule has 0 spiro atoms. The molecule has 2 fully saturated rings. The van der Waals surface area contributed by atoms with Crippen molar-refractivity contribution in [3.63, 3.8) is 0 Å². The lowest BCUT2D eigenvalue weighted by Crippen LogP contribution is -2.38. The molecule has 0 aromatic carbocycles. The van der Waals surface area contributed by atoms with Crippen LogP contribution in [0.25, 0.3) is 22.6 Å². The van der Waals surface area contributed by atoms with Gasteiger partial charge in [-0.2, -0.15) is 14.3 Å². The molecule has 12 nitrogen and oxygen atoms in total. The van der Waals surface area contributed by atoms with Gasteiger partial charge < -0.3 is 15.5 Å². The van der Waals surface area contributed by atoms with Crippen LogP contribution in [0, 0.1) is 5.41 Å². The molecule has 2 saturated carbocycles. The first-order valence-corrected chi connectivity index (χ1v) is 16.6. The van der Waals surface area contributed by atoms with Crippen LogP contribution in [0.2, 0.25) is 0 Å². The lowest BCUT2D eigenvalue weighted by Gasteiger charge is -2.39. The number of aromatic nitrogens is 7. The fraction of sp³-hybridized carbons (Fsp3) is 0.500. The van der Waals surface area contributed by atoms with Crippen LogP contribution in [-0.4, -0.2) is 85.6 Å². The first-order valence-electron chi connectivity index (χ1n) is 15.1. The van der Waals surface area contributed by atoms with Crippen LogP contribution in [0.3, 0.4) is 0 Å². The first kappa shape index (κ1) is 31.0. The highest BCUT2D eigenvalue weighted by molar-refractivity contribution is 7.90. The van der Waals surface area contributed by atoms with Crippen LogP contribution in [0.15, 0.2) is 49.2 Å². The molecule has 0 radical (unpaired) electrons. The lowest BCUT2D eigenvalue weighted by atomic mass is 9.73. The Kier molecular flexibility index (Phi) is 8.57. The Balaban J connectivity index is 1.23. The molecule has 4 aromatic heterocycles. The zero-order valence-corrected chi connectivity index (χ0v) is 26.4. The first-order chi connectivity index (χ1) is 21.5. The van der Waals surface area contributed by atoms with Gasteiger partial charge in [0.25, 0.3) is 16.4 Å². The Hall–Kier alpha value is -3.98. The molecule has 0 saturated heterocycles. The highest BCUT2D eigenvalue weighted by Gasteiger charge is 2.38. The van der Waals surface area contributed by atoms with Crippen molar-refractivity contribution in [3.05, 3.63) is 49.2 Å². The number of pyridine rings is 1. The molecule has 2 aliphatic carbocycles. The number of halogens is 2. The fourth-order valence-electron chi connectivity index (χ4n) is 5.97. The summed E-state index contributed by atoms with van der Waals surface area (Å²) in [6.07, 6.45) is 10.6. The zero-order valence-electron chi connectivity index (χ0n) is 25.6.